The van der Waals surface area contributed by atoms with Crippen molar-refractivity contribution < 1.29 is 30.6 Å². The van der Waals surface area contributed by atoms with E-state index >= 15 is 0 Å². The molecule has 10 nitrogen and oxygen atoms in total. The summed E-state index contributed by atoms with van der Waals surface area (Å²) in [7, 11) is 0. The number of aromatic hydroxyl groups is 5. The second-order valence-electron chi connectivity index (χ2n) is 23.7. The van der Waals surface area contributed by atoms with E-state index in [1.807, 2.05) is 18.5 Å². The van der Waals surface area contributed by atoms with Crippen molar-refractivity contribution in [3.05, 3.63) is 155 Å². The van der Waals surface area contributed by atoms with Crippen LogP contribution in [0.3, 0.4) is 0 Å². The van der Waals surface area contributed by atoms with E-state index in [-0.39, 0.29) is 73.8 Å². The Morgan fingerprint density at radius 2 is 1.58 bits per heavy atom. The molecule has 6 aromatic rings. The van der Waals surface area contributed by atoms with Gasteiger partial charge in [-0.25, -0.2) is 4.98 Å². The average molecular weight is 979 g/mol. The number of aromatic amines is 1. The van der Waals surface area contributed by atoms with Crippen molar-refractivity contribution in [3.63, 3.8) is 0 Å². The summed E-state index contributed by atoms with van der Waals surface area (Å²) in [6.45, 7) is 0.991. The third-order valence-corrected chi connectivity index (χ3v) is 20.8. The Kier molecular flexibility index (Phi) is 11.4. The molecular weight excluding hydrogens is 909 g/mol. The summed E-state index contributed by atoms with van der Waals surface area (Å²) in [6.07, 6.45) is 28.0. The topological polar surface area (TPSA) is 174 Å². The van der Waals surface area contributed by atoms with Gasteiger partial charge in [-0.1, -0.05) is 110 Å². The number of aliphatic hydroxyl groups excluding tert-OH is 1. The van der Waals surface area contributed by atoms with Gasteiger partial charge in [-0.2, -0.15) is 0 Å². The molecule has 378 valence electrons. The standard InChI is InChI=1S/C63H70N4O6/c68-50-23-17-40(32-53(50)71)16-21-45-46-11-4-12-51(69)55(46)57(73)56(72)47(45)22-15-38-13-18-41(19-14-38)49-35-60(29-30-65-44(34-60)31-39-7-2-1-3-8-39)48-33-43-10-6-26-62(43)28-27-61-25-5-9-42(61)20-24-52(70)58(61)63(62,59(48)67-49)54-36-64-37-66-54/h1-4,7-8,11-14,16-21,23-24,32,36-37,42-44,48-49,52,58-59,65,67-73H,5-6,9-10,15,22,25-31,33-35H2,(H,64,66)/b21-16+/t42-,43+,44+,48-,49+,52-,58+,59-,60-,61+,62-,63+/m1/s1. The first kappa shape index (κ1) is 46.7. The van der Waals surface area contributed by atoms with E-state index < -0.39 is 6.10 Å². The third kappa shape index (κ3) is 7.16. The van der Waals surface area contributed by atoms with E-state index in [2.05, 4.69) is 88.6 Å². The Hall–Kier alpha value is -6.07. The van der Waals surface area contributed by atoms with Crippen LogP contribution < -0.4 is 10.6 Å². The summed E-state index contributed by atoms with van der Waals surface area (Å²) >= 11 is 0. The smallest absolute Gasteiger partial charge is 0.169 e. The molecule has 5 aromatic carbocycles. The van der Waals surface area contributed by atoms with Crippen molar-refractivity contribution in [2.45, 2.75) is 126 Å². The van der Waals surface area contributed by atoms with Crippen LogP contribution in [0.4, 0.5) is 0 Å². The summed E-state index contributed by atoms with van der Waals surface area (Å²) in [5, 5.41) is 76.4. The summed E-state index contributed by atoms with van der Waals surface area (Å²) < 4.78 is 0. The van der Waals surface area contributed by atoms with Crippen molar-refractivity contribution >= 4 is 22.9 Å². The molecule has 0 unspecified atom stereocenters. The van der Waals surface area contributed by atoms with Crippen LogP contribution in [0.2, 0.25) is 0 Å². The molecule has 4 saturated carbocycles. The highest BCUT2D eigenvalue weighted by Crippen LogP contribution is 2.79. The molecule has 0 radical (unpaired) electrons. The van der Waals surface area contributed by atoms with E-state index in [1.165, 1.54) is 92.8 Å². The zero-order valence-electron chi connectivity index (χ0n) is 41.7. The number of phenols is 5. The van der Waals surface area contributed by atoms with Crippen LogP contribution in [-0.4, -0.2) is 65.3 Å². The van der Waals surface area contributed by atoms with Gasteiger partial charge in [0.2, 0.25) is 0 Å². The van der Waals surface area contributed by atoms with E-state index in [9.17, 15) is 30.6 Å². The number of H-pyrrole nitrogens is 1. The fraction of sp³-hybridized carbons (Fsp3) is 0.444. The van der Waals surface area contributed by atoms with Crippen molar-refractivity contribution in [1.82, 2.24) is 20.6 Å². The van der Waals surface area contributed by atoms with Crippen molar-refractivity contribution in [2.24, 2.45) is 39.9 Å². The second kappa shape index (κ2) is 17.8. The molecule has 0 amide bonds. The summed E-state index contributed by atoms with van der Waals surface area (Å²) in [5.74, 6) is 0.362. The number of rotatable bonds is 9. The minimum absolute atomic E-state index is 0.0492. The predicted octanol–water partition coefficient (Wildman–Crippen LogP) is 11.3. The van der Waals surface area contributed by atoms with E-state index in [4.69, 9.17) is 4.98 Å². The lowest BCUT2D eigenvalue weighted by Gasteiger charge is -2.75. The van der Waals surface area contributed by atoms with E-state index in [1.54, 1.807) is 18.2 Å². The fourth-order valence-corrected chi connectivity index (χ4v) is 18.0. The lowest BCUT2D eigenvalue weighted by atomic mass is 9.31. The monoisotopic (exact) mass is 979 g/mol. The largest absolute Gasteiger partial charge is 0.507 e. The number of phenolic OH excluding ortho intramolecular Hbond substituents is 5. The van der Waals surface area contributed by atoms with E-state index in [0.29, 0.717) is 58.7 Å². The number of hydrogen-bond acceptors (Lipinski definition) is 9. The van der Waals surface area contributed by atoms with Gasteiger partial charge in [-0.3, -0.25) is 0 Å². The predicted molar refractivity (Wildman–Crippen MR) is 285 cm³/mol. The third-order valence-electron chi connectivity index (χ3n) is 20.8. The molecular formula is C63H70N4O6. The number of benzene rings is 5. The summed E-state index contributed by atoms with van der Waals surface area (Å²) in [6, 6.07) is 30.3. The molecule has 12 atom stereocenters. The van der Waals surface area contributed by atoms with Crippen LogP contribution in [0, 0.1) is 39.9 Å². The number of aliphatic hydroxyl groups is 1. The Bertz CT molecular complexity index is 3100. The molecule has 0 bridgehead atoms. The normalized spacial score (nSPS) is 34.4. The molecule has 2 aliphatic heterocycles. The van der Waals surface area contributed by atoms with Crippen LogP contribution in [0.1, 0.15) is 122 Å². The lowest BCUT2D eigenvalue weighted by molar-refractivity contribution is -0.216. The number of imidazole rings is 1. The van der Waals surface area contributed by atoms with Gasteiger partial charge in [0.1, 0.15) is 5.75 Å². The maximum atomic E-state index is 12.9. The Morgan fingerprint density at radius 3 is 2.40 bits per heavy atom. The first-order valence-corrected chi connectivity index (χ1v) is 27.4. The SMILES string of the molecule is Oc1ccc(/C=C/c2c(CCc3ccc([C@@H]4C[C@]5(CCN[C@@H](Cc6ccccc6)C5)[C@@H]5C[C@@H]6CCC[C@@]67CC[C@@]68CCC[C@@H]6C=C[C@@H](O)[C@@H]8[C@@]7(c6cnc[nH]6)[C@@H]5N4)cc3)c(O)c(O)c3c(O)cccc23)cc1O. The van der Waals surface area contributed by atoms with Gasteiger partial charge in [-0.15, -0.1) is 0 Å². The minimum atomic E-state index is -0.530. The number of aromatic nitrogens is 2. The molecule has 13 rings (SSSR count). The van der Waals surface area contributed by atoms with Gasteiger partial charge < -0.3 is 46.3 Å². The van der Waals surface area contributed by atoms with Crippen LogP contribution in [0.15, 0.2) is 116 Å². The van der Waals surface area contributed by atoms with Crippen LogP contribution in [0.5, 0.6) is 28.7 Å². The number of piperidine rings is 2. The van der Waals surface area contributed by atoms with Crippen molar-refractivity contribution in [1.29, 1.82) is 0 Å². The first-order chi connectivity index (χ1) is 35.5. The van der Waals surface area contributed by atoms with Crippen LogP contribution >= 0.6 is 0 Å². The number of nitrogens with zero attached hydrogens (tertiary/aromatic N) is 1. The maximum absolute atomic E-state index is 12.9. The Balaban J connectivity index is 0.887. The van der Waals surface area contributed by atoms with Crippen molar-refractivity contribution in [3.8, 4) is 28.7 Å². The molecule has 5 aliphatic carbocycles. The van der Waals surface area contributed by atoms with Gasteiger partial charge in [0.25, 0.3) is 0 Å². The number of nitrogens with one attached hydrogen (secondary N) is 3. The molecule has 73 heavy (non-hydrogen) atoms. The number of allylic oxidation sites excluding steroid dienone is 1. The molecule has 3 heterocycles. The highest BCUT2D eigenvalue weighted by molar-refractivity contribution is 6.03. The fourth-order valence-electron chi connectivity index (χ4n) is 18.0. The minimum Gasteiger partial charge on any atom is -0.507 e. The lowest BCUT2D eigenvalue weighted by Crippen LogP contribution is -2.78. The Morgan fingerprint density at radius 1 is 0.726 bits per heavy atom. The van der Waals surface area contributed by atoms with Gasteiger partial charge in [0.15, 0.2) is 23.0 Å². The molecule has 10 heteroatoms. The molecule has 1 aromatic heterocycles. The number of fused-ring (bicyclic) bond motifs is 5. The van der Waals surface area contributed by atoms with Gasteiger partial charge >= 0.3 is 0 Å². The maximum Gasteiger partial charge on any atom is 0.169 e. The molecule has 6 fully saturated rings. The molecule has 3 spiro atoms. The highest BCUT2D eigenvalue weighted by atomic mass is 16.3. The second-order valence-corrected chi connectivity index (χ2v) is 23.7. The van der Waals surface area contributed by atoms with Crippen LogP contribution in [0.25, 0.3) is 22.9 Å². The Labute approximate surface area is 428 Å². The zero-order chi connectivity index (χ0) is 49.7. The van der Waals surface area contributed by atoms with E-state index in [0.717, 1.165) is 37.8 Å². The highest BCUT2D eigenvalue weighted by Gasteiger charge is 2.78. The average Bonchev–Trinajstić information content (AvgIpc) is 4.19. The molecule has 7 aliphatic rings. The summed E-state index contributed by atoms with van der Waals surface area (Å²) in [5.41, 5.74) is 6.66. The first-order valence-electron chi connectivity index (χ1n) is 27.4. The van der Waals surface area contributed by atoms with Gasteiger partial charge in [0.05, 0.1) is 17.8 Å². The molecule has 9 N–H and O–H groups in total. The van der Waals surface area contributed by atoms with Crippen LogP contribution in [-0.2, 0) is 24.7 Å². The number of hydrogen-bond donors (Lipinski definition) is 9. The van der Waals surface area contributed by atoms with Gasteiger partial charge in [0, 0.05) is 46.9 Å². The quantitative estimate of drug-likeness (QED) is 0.0388. The zero-order valence-corrected chi connectivity index (χ0v) is 41.7. The van der Waals surface area contributed by atoms with Gasteiger partial charge in [-0.05, 0) is 175 Å². The number of aryl methyl sites for hydroxylation is 1. The van der Waals surface area contributed by atoms with Crippen molar-refractivity contribution in [2.75, 3.05) is 6.54 Å². The molecule has 2 saturated heterocycles. The summed E-state index contributed by atoms with van der Waals surface area (Å²) in [4.78, 5) is 8.74.